The van der Waals surface area contributed by atoms with Gasteiger partial charge in [0.25, 0.3) is 0 Å². The summed E-state index contributed by atoms with van der Waals surface area (Å²) in [5.41, 5.74) is 3.80. The molecule has 208 valence electrons. The van der Waals surface area contributed by atoms with Gasteiger partial charge in [0.1, 0.15) is 23.8 Å². The first-order chi connectivity index (χ1) is 17.8. The summed E-state index contributed by atoms with van der Waals surface area (Å²) < 4.78 is 11.7. The number of benzene rings is 1. The Morgan fingerprint density at radius 1 is 1.24 bits per heavy atom. The molecule has 1 aromatic carbocycles. The van der Waals surface area contributed by atoms with Crippen molar-refractivity contribution in [1.29, 1.82) is 0 Å². The highest BCUT2D eigenvalue weighted by atomic mass is 16.6. The van der Waals surface area contributed by atoms with Crippen LogP contribution in [0.1, 0.15) is 68.7 Å². The quantitative estimate of drug-likeness (QED) is 0.338. The second-order valence-electron chi connectivity index (χ2n) is 11.3. The van der Waals surface area contributed by atoms with E-state index in [0.717, 1.165) is 34.9 Å². The Morgan fingerprint density at radius 2 is 1.95 bits per heavy atom. The van der Waals surface area contributed by atoms with Crippen molar-refractivity contribution in [2.75, 3.05) is 36.5 Å². The summed E-state index contributed by atoms with van der Waals surface area (Å²) in [6.07, 6.45) is 2.39. The van der Waals surface area contributed by atoms with Crippen LogP contribution in [0.25, 0.3) is 0 Å². The van der Waals surface area contributed by atoms with Crippen molar-refractivity contribution in [3.8, 4) is 5.75 Å². The largest absolute Gasteiger partial charge is 0.489 e. The standard InChI is InChI=1S/C30H44N4O4/c1-10-20(5)28(31-21(6)24(11-2)27(35)19(3)4)32-22-12-13-25-26(16-22)37-18-23-17-33(14-15-34(23)25)29(36)38-30(7,8)9/h11-13,16,19,23,32H,10,14-15,17-18H2,1-9H3/b24-11+,28-20+,31-21-/t23-/m1/s1. The molecule has 2 aliphatic heterocycles. The van der Waals surface area contributed by atoms with E-state index in [1.54, 1.807) is 4.90 Å². The first-order valence-corrected chi connectivity index (χ1v) is 13.6. The number of allylic oxidation sites excluding steroid dienone is 3. The van der Waals surface area contributed by atoms with Crippen LogP contribution in [0.15, 0.2) is 46.2 Å². The number of rotatable bonds is 7. The van der Waals surface area contributed by atoms with Crippen molar-refractivity contribution < 1.29 is 19.1 Å². The number of hydrogen-bond acceptors (Lipinski definition) is 7. The summed E-state index contributed by atoms with van der Waals surface area (Å²) in [6.45, 7) is 19.7. The van der Waals surface area contributed by atoms with Crippen LogP contribution in [0.5, 0.6) is 5.75 Å². The molecule has 8 heteroatoms. The van der Waals surface area contributed by atoms with E-state index in [4.69, 9.17) is 14.5 Å². The molecule has 1 saturated heterocycles. The van der Waals surface area contributed by atoms with E-state index < -0.39 is 5.60 Å². The summed E-state index contributed by atoms with van der Waals surface area (Å²) in [5, 5.41) is 3.46. The molecule has 0 bridgehead atoms. The average molecular weight is 525 g/mol. The third-order valence-electron chi connectivity index (χ3n) is 6.78. The van der Waals surface area contributed by atoms with Crippen LogP contribution in [-0.4, -0.2) is 60.4 Å². The maximum Gasteiger partial charge on any atom is 0.410 e. The van der Waals surface area contributed by atoms with Crippen molar-refractivity contribution in [1.82, 2.24) is 4.90 Å². The van der Waals surface area contributed by atoms with Crippen LogP contribution >= 0.6 is 0 Å². The lowest BCUT2D eigenvalue weighted by atomic mass is 9.98. The number of aliphatic imine (C=N–C) groups is 1. The van der Waals surface area contributed by atoms with E-state index in [-0.39, 0.29) is 23.8 Å². The van der Waals surface area contributed by atoms with Crippen LogP contribution in [0.2, 0.25) is 0 Å². The molecule has 1 aromatic rings. The van der Waals surface area contributed by atoms with E-state index >= 15 is 0 Å². The summed E-state index contributed by atoms with van der Waals surface area (Å²) in [4.78, 5) is 34.1. The lowest BCUT2D eigenvalue weighted by Gasteiger charge is -2.45. The highest BCUT2D eigenvalue weighted by Gasteiger charge is 2.36. The van der Waals surface area contributed by atoms with Gasteiger partial charge in [-0.25, -0.2) is 9.79 Å². The number of carbonyl (C=O) groups is 2. The molecule has 0 aliphatic carbocycles. The molecule has 0 unspecified atom stereocenters. The van der Waals surface area contributed by atoms with Gasteiger partial charge >= 0.3 is 6.09 Å². The molecule has 0 aromatic heterocycles. The van der Waals surface area contributed by atoms with Gasteiger partial charge < -0.3 is 24.6 Å². The van der Waals surface area contributed by atoms with Crippen molar-refractivity contribution in [3.63, 3.8) is 0 Å². The Hall–Kier alpha value is -3.29. The van der Waals surface area contributed by atoms with Gasteiger partial charge in [-0.05, 0) is 65.7 Å². The van der Waals surface area contributed by atoms with Gasteiger partial charge in [0.15, 0.2) is 5.78 Å². The Bertz CT molecular complexity index is 1140. The Labute approximate surface area is 227 Å². The molecular formula is C30H44N4O4. The zero-order valence-electron chi connectivity index (χ0n) is 24.5. The van der Waals surface area contributed by atoms with Crippen molar-refractivity contribution >= 4 is 29.0 Å². The average Bonchev–Trinajstić information content (AvgIpc) is 2.86. The summed E-state index contributed by atoms with van der Waals surface area (Å²) >= 11 is 0. The zero-order chi connectivity index (χ0) is 28.2. The molecular weight excluding hydrogens is 480 g/mol. The Morgan fingerprint density at radius 3 is 2.55 bits per heavy atom. The number of nitrogens with one attached hydrogen (secondary N) is 1. The SMILES string of the molecule is C\C=C(C(=O)C(C)C)/C(C)=N\C(Nc1ccc2c(c1)OC[C@H]1CN(C(=O)OC(C)(C)C)CCN21)=C(\C)CC. The highest BCUT2D eigenvalue weighted by molar-refractivity contribution is 6.22. The van der Waals surface area contributed by atoms with E-state index in [2.05, 4.69) is 23.2 Å². The molecule has 1 amide bonds. The smallest absolute Gasteiger partial charge is 0.410 e. The second kappa shape index (κ2) is 12.0. The lowest BCUT2D eigenvalue weighted by Crippen LogP contribution is -2.59. The molecule has 8 nitrogen and oxygen atoms in total. The summed E-state index contributed by atoms with van der Waals surface area (Å²) in [6, 6.07) is 6.15. The fourth-order valence-corrected chi connectivity index (χ4v) is 4.54. The molecule has 1 atom stereocenters. The third kappa shape index (κ3) is 6.97. The summed E-state index contributed by atoms with van der Waals surface area (Å²) in [5.74, 6) is 1.54. The molecule has 1 N–H and O–H groups in total. The number of ether oxygens (including phenoxy) is 2. The fraction of sp³-hybridized carbons (Fsp3) is 0.567. The van der Waals surface area contributed by atoms with Crippen molar-refractivity contribution in [2.24, 2.45) is 10.9 Å². The van der Waals surface area contributed by atoms with Crippen LogP contribution < -0.4 is 15.0 Å². The number of piperazine rings is 1. The minimum atomic E-state index is -0.516. The number of carbonyl (C=O) groups excluding carboxylic acids is 2. The van der Waals surface area contributed by atoms with Gasteiger partial charge in [-0.2, -0.15) is 0 Å². The minimum absolute atomic E-state index is 0.0744. The molecule has 0 spiro atoms. The van der Waals surface area contributed by atoms with E-state index in [1.807, 2.05) is 73.6 Å². The highest BCUT2D eigenvalue weighted by Crippen LogP contribution is 2.38. The predicted molar refractivity (Wildman–Crippen MR) is 154 cm³/mol. The topological polar surface area (TPSA) is 83.5 Å². The van der Waals surface area contributed by atoms with Crippen LogP contribution in [0.4, 0.5) is 16.2 Å². The molecule has 2 aliphatic rings. The maximum atomic E-state index is 12.7. The predicted octanol–water partition coefficient (Wildman–Crippen LogP) is 6.19. The van der Waals surface area contributed by atoms with E-state index in [9.17, 15) is 9.59 Å². The molecule has 38 heavy (non-hydrogen) atoms. The third-order valence-corrected chi connectivity index (χ3v) is 6.78. The molecule has 3 rings (SSSR count). The Balaban J connectivity index is 1.78. The van der Waals surface area contributed by atoms with E-state index in [0.29, 0.717) is 37.5 Å². The van der Waals surface area contributed by atoms with Crippen molar-refractivity contribution in [3.05, 3.63) is 41.2 Å². The van der Waals surface area contributed by atoms with Gasteiger partial charge in [0.05, 0.1) is 17.4 Å². The van der Waals surface area contributed by atoms with Crippen molar-refractivity contribution in [2.45, 2.75) is 80.4 Å². The number of anilines is 2. The first-order valence-electron chi connectivity index (χ1n) is 13.6. The van der Waals surface area contributed by atoms with Gasteiger partial charge in [-0.15, -0.1) is 0 Å². The van der Waals surface area contributed by atoms with Gasteiger partial charge in [0, 0.05) is 42.9 Å². The molecule has 0 saturated carbocycles. The van der Waals surface area contributed by atoms with E-state index in [1.165, 1.54) is 0 Å². The van der Waals surface area contributed by atoms with Crippen LogP contribution in [0.3, 0.4) is 0 Å². The van der Waals surface area contributed by atoms with Gasteiger partial charge in [0.2, 0.25) is 0 Å². The zero-order valence-corrected chi connectivity index (χ0v) is 24.5. The van der Waals surface area contributed by atoms with Gasteiger partial charge in [-0.1, -0.05) is 26.8 Å². The first kappa shape index (κ1) is 29.3. The number of amides is 1. The Kier molecular flexibility index (Phi) is 9.28. The second-order valence-corrected chi connectivity index (χ2v) is 11.3. The minimum Gasteiger partial charge on any atom is -0.489 e. The fourth-order valence-electron chi connectivity index (χ4n) is 4.54. The number of Topliss-reactive ketones (excluding diaryl/α,β-unsaturated/α-hetero) is 1. The number of ketones is 1. The monoisotopic (exact) mass is 524 g/mol. The normalized spacial score (nSPS) is 18.8. The maximum absolute atomic E-state index is 12.7. The molecule has 0 radical (unpaired) electrons. The van der Waals surface area contributed by atoms with Gasteiger partial charge in [-0.3, -0.25) is 4.79 Å². The number of fused-ring (bicyclic) bond motifs is 3. The van der Waals surface area contributed by atoms with Crippen LogP contribution in [-0.2, 0) is 9.53 Å². The number of hydrogen-bond donors (Lipinski definition) is 1. The molecule has 2 heterocycles. The summed E-state index contributed by atoms with van der Waals surface area (Å²) in [7, 11) is 0. The van der Waals surface area contributed by atoms with Crippen LogP contribution in [0, 0.1) is 5.92 Å². The number of nitrogens with zero attached hydrogens (tertiary/aromatic N) is 3. The lowest BCUT2D eigenvalue weighted by molar-refractivity contribution is -0.117. The molecule has 1 fully saturated rings.